The molecular formula is C16H25ClN2O. The third-order valence-corrected chi connectivity index (χ3v) is 3.88. The number of amides is 1. The third-order valence-electron chi connectivity index (χ3n) is 3.88. The number of carbonyl (C=O) groups is 1. The van der Waals surface area contributed by atoms with Crippen LogP contribution in [0, 0.1) is 5.92 Å². The zero-order chi connectivity index (χ0) is 13.7. The lowest BCUT2D eigenvalue weighted by atomic mass is 9.85. The number of nitrogens with one attached hydrogen (secondary N) is 1. The van der Waals surface area contributed by atoms with Crippen LogP contribution in [0.15, 0.2) is 24.3 Å². The Hall–Kier alpha value is -1.06. The van der Waals surface area contributed by atoms with Gasteiger partial charge in [-0.2, -0.15) is 0 Å². The quantitative estimate of drug-likeness (QED) is 0.893. The number of nitrogens with two attached hydrogens (primary N) is 1. The monoisotopic (exact) mass is 296 g/mol. The average molecular weight is 297 g/mol. The number of anilines is 1. The molecule has 20 heavy (non-hydrogen) atoms. The summed E-state index contributed by atoms with van der Waals surface area (Å²) in [4.78, 5) is 12.3. The molecule has 1 fully saturated rings. The molecular weight excluding hydrogens is 272 g/mol. The van der Waals surface area contributed by atoms with Crippen molar-refractivity contribution in [3.63, 3.8) is 0 Å². The molecule has 0 spiro atoms. The van der Waals surface area contributed by atoms with Crippen molar-refractivity contribution in [3.8, 4) is 0 Å². The summed E-state index contributed by atoms with van der Waals surface area (Å²) in [6.45, 7) is 2.15. The minimum absolute atomic E-state index is 0. The van der Waals surface area contributed by atoms with E-state index < -0.39 is 0 Å². The van der Waals surface area contributed by atoms with Crippen LogP contribution in [0.1, 0.15) is 44.6 Å². The number of hydrogen-bond acceptors (Lipinski definition) is 2. The van der Waals surface area contributed by atoms with Crippen molar-refractivity contribution in [2.75, 3.05) is 5.32 Å². The fourth-order valence-corrected chi connectivity index (χ4v) is 2.83. The van der Waals surface area contributed by atoms with Gasteiger partial charge in [0.05, 0.1) is 0 Å². The molecule has 3 nitrogen and oxygen atoms in total. The summed E-state index contributed by atoms with van der Waals surface area (Å²) in [7, 11) is 0. The standard InChI is InChI=1S/C16H24N2O.ClH/c1-2-6-12-7-3-4-10-15(12)18-16(19)13-8-5-9-14(17)11-13;/h3-4,7,10,13-14H,2,5-6,8-9,11,17H2,1H3,(H,18,19);1H. The minimum Gasteiger partial charge on any atom is -0.328 e. The Bertz CT molecular complexity index is 436. The molecule has 2 atom stereocenters. The van der Waals surface area contributed by atoms with Gasteiger partial charge in [0.25, 0.3) is 0 Å². The molecule has 0 aromatic heterocycles. The van der Waals surface area contributed by atoms with E-state index in [9.17, 15) is 4.79 Å². The molecule has 3 N–H and O–H groups in total. The van der Waals surface area contributed by atoms with E-state index in [2.05, 4.69) is 18.3 Å². The maximum Gasteiger partial charge on any atom is 0.227 e. The van der Waals surface area contributed by atoms with E-state index in [1.54, 1.807) is 0 Å². The number of aryl methyl sites for hydroxylation is 1. The number of para-hydroxylation sites is 1. The zero-order valence-electron chi connectivity index (χ0n) is 12.1. The smallest absolute Gasteiger partial charge is 0.227 e. The summed E-state index contributed by atoms with van der Waals surface area (Å²) >= 11 is 0. The van der Waals surface area contributed by atoms with Crippen molar-refractivity contribution in [2.24, 2.45) is 11.7 Å². The van der Waals surface area contributed by atoms with Gasteiger partial charge in [0.15, 0.2) is 0 Å². The molecule has 1 saturated carbocycles. The third kappa shape index (κ3) is 4.50. The molecule has 1 aliphatic carbocycles. The van der Waals surface area contributed by atoms with Gasteiger partial charge in [-0.25, -0.2) is 0 Å². The van der Waals surface area contributed by atoms with Gasteiger partial charge in [-0.3, -0.25) is 4.79 Å². The topological polar surface area (TPSA) is 55.1 Å². The van der Waals surface area contributed by atoms with E-state index in [-0.39, 0.29) is 30.3 Å². The first-order valence-electron chi connectivity index (χ1n) is 7.35. The van der Waals surface area contributed by atoms with Gasteiger partial charge in [-0.1, -0.05) is 38.0 Å². The predicted octanol–water partition coefficient (Wildman–Crippen LogP) is 3.52. The Morgan fingerprint density at radius 2 is 2.10 bits per heavy atom. The molecule has 0 bridgehead atoms. The van der Waals surface area contributed by atoms with E-state index in [0.29, 0.717) is 0 Å². The second-order valence-corrected chi connectivity index (χ2v) is 5.52. The van der Waals surface area contributed by atoms with Gasteiger partial charge in [0.2, 0.25) is 5.91 Å². The molecule has 1 aromatic carbocycles. The largest absolute Gasteiger partial charge is 0.328 e. The predicted molar refractivity (Wildman–Crippen MR) is 86.2 cm³/mol. The number of rotatable bonds is 4. The fourth-order valence-electron chi connectivity index (χ4n) is 2.83. The highest BCUT2D eigenvalue weighted by Crippen LogP contribution is 2.25. The Labute approximate surface area is 127 Å². The molecule has 1 amide bonds. The second kappa shape index (κ2) is 8.28. The summed E-state index contributed by atoms with van der Waals surface area (Å²) in [5.41, 5.74) is 8.14. The lowest BCUT2D eigenvalue weighted by Crippen LogP contribution is -2.34. The number of benzene rings is 1. The van der Waals surface area contributed by atoms with Crippen LogP contribution in [0.2, 0.25) is 0 Å². The van der Waals surface area contributed by atoms with Crippen molar-refractivity contribution >= 4 is 24.0 Å². The average Bonchev–Trinajstić information content (AvgIpc) is 2.41. The van der Waals surface area contributed by atoms with E-state index in [4.69, 9.17) is 5.73 Å². The second-order valence-electron chi connectivity index (χ2n) is 5.52. The summed E-state index contributed by atoms with van der Waals surface area (Å²) < 4.78 is 0. The maximum absolute atomic E-state index is 12.3. The highest BCUT2D eigenvalue weighted by molar-refractivity contribution is 5.93. The molecule has 4 heteroatoms. The van der Waals surface area contributed by atoms with Gasteiger partial charge < -0.3 is 11.1 Å². The lowest BCUT2D eigenvalue weighted by Gasteiger charge is -2.26. The van der Waals surface area contributed by atoms with Crippen molar-refractivity contribution in [1.29, 1.82) is 0 Å². The first-order valence-corrected chi connectivity index (χ1v) is 7.35. The van der Waals surface area contributed by atoms with E-state index in [1.807, 2.05) is 18.2 Å². The maximum atomic E-state index is 12.3. The van der Waals surface area contributed by atoms with Crippen molar-refractivity contribution < 1.29 is 4.79 Å². The van der Waals surface area contributed by atoms with Gasteiger partial charge in [0, 0.05) is 17.6 Å². The Morgan fingerprint density at radius 3 is 2.80 bits per heavy atom. The molecule has 0 heterocycles. The highest BCUT2D eigenvalue weighted by Gasteiger charge is 2.25. The van der Waals surface area contributed by atoms with Crippen molar-refractivity contribution in [2.45, 2.75) is 51.5 Å². The molecule has 1 aliphatic rings. The molecule has 0 aliphatic heterocycles. The molecule has 1 aromatic rings. The van der Waals surface area contributed by atoms with Crippen LogP contribution < -0.4 is 11.1 Å². The molecule has 0 saturated heterocycles. The molecule has 112 valence electrons. The van der Waals surface area contributed by atoms with Gasteiger partial charge in [-0.05, 0) is 37.3 Å². The van der Waals surface area contributed by atoms with Crippen LogP contribution in [0.3, 0.4) is 0 Å². The van der Waals surface area contributed by atoms with Crippen LogP contribution >= 0.6 is 12.4 Å². The number of halogens is 1. The first-order chi connectivity index (χ1) is 9.20. The van der Waals surface area contributed by atoms with E-state index >= 15 is 0 Å². The summed E-state index contributed by atoms with van der Waals surface area (Å²) in [6, 6.07) is 8.27. The van der Waals surface area contributed by atoms with Crippen molar-refractivity contribution in [1.82, 2.24) is 0 Å². The Balaban J connectivity index is 0.00000200. The SMILES string of the molecule is CCCc1ccccc1NC(=O)C1CCCC(N)C1.Cl. The molecule has 0 radical (unpaired) electrons. The minimum atomic E-state index is 0. The van der Waals surface area contributed by atoms with E-state index in [1.165, 1.54) is 5.56 Å². The van der Waals surface area contributed by atoms with Crippen LogP contribution in [0.25, 0.3) is 0 Å². The van der Waals surface area contributed by atoms with Crippen LogP contribution in [0.4, 0.5) is 5.69 Å². The fraction of sp³-hybridized carbons (Fsp3) is 0.562. The van der Waals surface area contributed by atoms with Crippen LogP contribution in [0.5, 0.6) is 0 Å². The molecule has 2 unspecified atom stereocenters. The molecule has 2 rings (SSSR count). The number of hydrogen-bond donors (Lipinski definition) is 2. The van der Waals surface area contributed by atoms with Crippen LogP contribution in [-0.2, 0) is 11.2 Å². The van der Waals surface area contributed by atoms with Crippen molar-refractivity contribution in [3.05, 3.63) is 29.8 Å². The summed E-state index contributed by atoms with van der Waals surface area (Å²) in [6.07, 6.45) is 5.99. The Morgan fingerprint density at radius 1 is 1.35 bits per heavy atom. The summed E-state index contributed by atoms with van der Waals surface area (Å²) in [5.74, 6) is 0.220. The first kappa shape index (κ1) is 17.0. The zero-order valence-corrected chi connectivity index (χ0v) is 12.9. The van der Waals surface area contributed by atoms with Gasteiger partial charge in [0.1, 0.15) is 0 Å². The van der Waals surface area contributed by atoms with Gasteiger partial charge >= 0.3 is 0 Å². The van der Waals surface area contributed by atoms with Gasteiger partial charge in [-0.15, -0.1) is 12.4 Å². The normalized spacial score (nSPS) is 21.9. The Kier molecular flexibility index (Phi) is 7.03. The number of carbonyl (C=O) groups excluding carboxylic acids is 1. The summed E-state index contributed by atoms with van der Waals surface area (Å²) in [5, 5.41) is 3.09. The van der Waals surface area contributed by atoms with Crippen LogP contribution in [-0.4, -0.2) is 11.9 Å². The lowest BCUT2D eigenvalue weighted by molar-refractivity contribution is -0.120. The van der Waals surface area contributed by atoms with E-state index in [0.717, 1.165) is 44.2 Å². The highest BCUT2D eigenvalue weighted by atomic mass is 35.5.